The molecule has 0 amide bonds. The van der Waals surface area contributed by atoms with E-state index in [0.29, 0.717) is 16.8 Å². The number of hydrogen-bond acceptors (Lipinski definition) is 3. The smallest absolute Gasteiger partial charge is 0.303 e. The Bertz CT molecular complexity index is 470. The summed E-state index contributed by atoms with van der Waals surface area (Å²) in [5.41, 5.74) is 1.20. The van der Waals surface area contributed by atoms with Gasteiger partial charge in [0.05, 0.1) is 12.1 Å². The van der Waals surface area contributed by atoms with Crippen molar-refractivity contribution in [2.45, 2.75) is 18.8 Å². The lowest BCUT2D eigenvalue weighted by molar-refractivity contribution is -0.137. The summed E-state index contributed by atoms with van der Waals surface area (Å²) in [5, 5.41) is 20.6. The van der Waals surface area contributed by atoms with Gasteiger partial charge in [-0.25, -0.2) is 4.39 Å². The normalized spacial score (nSPS) is 21.1. The van der Waals surface area contributed by atoms with Gasteiger partial charge in [0.1, 0.15) is 5.82 Å². The van der Waals surface area contributed by atoms with E-state index in [9.17, 15) is 9.18 Å². The lowest BCUT2D eigenvalue weighted by Gasteiger charge is -2.07. The SMILES string of the molecule is O=C(O)CC1C/C(=N/O)c2cccc(F)c21. The summed E-state index contributed by atoms with van der Waals surface area (Å²) < 4.78 is 13.6. The molecule has 0 heterocycles. The molecule has 0 spiro atoms. The number of oxime groups is 1. The molecule has 0 bridgehead atoms. The van der Waals surface area contributed by atoms with Crippen molar-refractivity contribution in [1.29, 1.82) is 0 Å². The Kier molecular flexibility index (Phi) is 2.60. The zero-order valence-electron chi connectivity index (χ0n) is 8.35. The van der Waals surface area contributed by atoms with E-state index in [2.05, 4.69) is 5.16 Å². The van der Waals surface area contributed by atoms with E-state index in [4.69, 9.17) is 10.3 Å². The van der Waals surface area contributed by atoms with Crippen LogP contribution in [0.4, 0.5) is 4.39 Å². The molecule has 0 fully saturated rings. The Balaban J connectivity index is 2.47. The molecule has 1 aromatic carbocycles. The monoisotopic (exact) mass is 223 g/mol. The van der Waals surface area contributed by atoms with Crippen LogP contribution in [0.15, 0.2) is 23.4 Å². The summed E-state index contributed by atoms with van der Waals surface area (Å²) in [6.45, 7) is 0. The van der Waals surface area contributed by atoms with Gasteiger partial charge in [-0.2, -0.15) is 0 Å². The maximum absolute atomic E-state index is 13.6. The standard InChI is InChI=1S/C11H10FNO3/c12-8-3-1-2-7-9(13-16)4-6(11(7)8)5-10(14)15/h1-3,6,16H,4-5H2,(H,14,15)/b13-9-. The van der Waals surface area contributed by atoms with Crippen LogP contribution < -0.4 is 0 Å². The van der Waals surface area contributed by atoms with Gasteiger partial charge in [0.25, 0.3) is 0 Å². The van der Waals surface area contributed by atoms with Crippen molar-refractivity contribution in [1.82, 2.24) is 0 Å². The fourth-order valence-electron chi connectivity index (χ4n) is 2.13. The quantitative estimate of drug-likeness (QED) is 0.594. The van der Waals surface area contributed by atoms with Crippen LogP contribution in [0.5, 0.6) is 0 Å². The average Bonchev–Trinajstić information content (AvgIpc) is 2.57. The molecular formula is C11H10FNO3. The van der Waals surface area contributed by atoms with Crippen LogP contribution in [0.2, 0.25) is 0 Å². The molecule has 0 saturated carbocycles. The van der Waals surface area contributed by atoms with Crippen molar-refractivity contribution in [3.63, 3.8) is 0 Å². The third kappa shape index (κ3) is 1.64. The largest absolute Gasteiger partial charge is 0.481 e. The predicted molar refractivity (Wildman–Crippen MR) is 54.3 cm³/mol. The van der Waals surface area contributed by atoms with Crippen molar-refractivity contribution in [3.8, 4) is 0 Å². The zero-order chi connectivity index (χ0) is 11.7. The number of benzene rings is 1. The highest BCUT2D eigenvalue weighted by molar-refractivity contribution is 6.05. The van der Waals surface area contributed by atoms with Gasteiger partial charge in [-0.05, 0) is 6.07 Å². The van der Waals surface area contributed by atoms with Crippen molar-refractivity contribution >= 4 is 11.7 Å². The van der Waals surface area contributed by atoms with Gasteiger partial charge in [-0.3, -0.25) is 4.79 Å². The number of nitrogens with zero attached hydrogens (tertiary/aromatic N) is 1. The molecule has 0 aliphatic heterocycles. The minimum absolute atomic E-state index is 0.160. The van der Waals surface area contributed by atoms with Crippen LogP contribution in [-0.2, 0) is 4.79 Å². The Morgan fingerprint density at radius 2 is 2.31 bits per heavy atom. The molecule has 4 nitrogen and oxygen atoms in total. The van der Waals surface area contributed by atoms with E-state index in [1.54, 1.807) is 6.07 Å². The predicted octanol–water partition coefficient (Wildman–Crippen LogP) is 1.97. The van der Waals surface area contributed by atoms with Gasteiger partial charge in [0, 0.05) is 23.5 Å². The third-order valence-corrected chi connectivity index (χ3v) is 2.75. The van der Waals surface area contributed by atoms with Crippen molar-refractivity contribution in [2.75, 3.05) is 0 Å². The molecule has 0 aromatic heterocycles. The van der Waals surface area contributed by atoms with E-state index in [0.717, 1.165) is 0 Å². The first-order chi connectivity index (χ1) is 7.63. The molecule has 1 unspecified atom stereocenters. The Labute approximate surface area is 91.0 Å². The summed E-state index contributed by atoms with van der Waals surface area (Å²) in [6, 6.07) is 4.44. The Morgan fingerprint density at radius 3 is 2.94 bits per heavy atom. The summed E-state index contributed by atoms with van der Waals surface area (Å²) in [5.74, 6) is -1.87. The molecule has 84 valence electrons. The number of aliphatic carboxylic acids is 1. The Hall–Kier alpha value is -1.91. The second kappa shape index (κ2) is 3.92. The van der Waals surface area contributed by atoms with Crippen molar-refractivity contribution in [2.24, 2.45) is 5.16 Å². The second-order valence-electron chi connectivity index (χ2n) is 3.75. The fourth-order valence-corrected chi connectivity index (χ4v) is 2.13. The number of rotatable bonds is 2. The van der Waals surface area contributed by atoms with Gasteiger partial charge >= 0.3 is 5.97 Å². The minimum atomic E-state index is -0.988. The summed E-state index contributed by atoms with van der Waals surface area (Å²) in [4.78, 5) is 10.6. The van der Waals surface area contributed by atoms with E-state index in [1.807, 2.05) is 0 Å². The zero-order valence-corrected chi connectivity index (χ0v) is 8.35. The van der Waals surface area contributed by atoms with Crippen LogP contribution in [0.25, 0.3) is 0 Å². The molecule has 5 heteroatoms. The molecule has 2 N–H and O–H groups in total. The average molecular weight is 223 g/mol. The number of hydrogen-bond donors (Lipinski definition) is 2. The maximum atomic E-state index is 13.6. The highest BCUT2D eigenvalue weighted by Gasteiger charge is 2.32. The minimum Gasteiger partial charge on any atom is -0.481 e. The van der Waals surface area contributed by atoms with Gasteiger partial charge < -0.3 is 10.3 Å². The number of carboxylic acid groups (broad SMARTS) is 1. The van der Waals surface area contributed by atoms with E-state index in [-0.39, 0.29) is 12.8 Å². The number of halogens is 1. The molecule has 0 saturated heterocycles. The van der Waals surface area contributed by atoms with Crippen molar-refractivity contribution < 1.29 is 19.5 Å². The number of carbonyl (C=O) groups is 1. The van der Waals surface area contributed by atoms with Crippen LogP contribution >= 0.6 is 0 Å². The van der Waals surface area contributed by atoms with Crippen molar-refractivity contribution in [3.05, 3.63) is 35.1 Å². The number of fused-ring (bicyclic) bond motifs is 1. The molecule has 1 aliphatic carbocycles. The summed E-state index contributed by atoms with van der Waals surface area (Å²) >= 11 is 0. The summed E-state index contributed by atoms with van der Waals surface area (Å²) in [6.07, 6.45) is 0.103. The first-order valence-corrected chi connectivity index (χ1v) is 4.85. The van der Waals surface area contributed by atoms with Gasteiger partial charge in [-0.1, -0.05) is 17.3 Å². The van der Waals surface area contributed by atoms with Crippen LogP contribution in [-0.4, -0.2) is 22.0 Å². The first kappa shape index (κ1) is 10.6. The molecule has 1 aliphatic rings. The van der Waals surface area contributed by atoms with Crippen LogP contribution in [0.3, 0.4) is 0 Å². The van der Waals surface area contributed by atoms with Gasteiger partial charge in [0.15, 0.2) is 0 Å². The van der Waals surface area contributed by atoms with Crippen LogP contribution in [0.1, 0.15) is 29.9 Å². The Morgan fingerprint density at radius 1 is 1.56 bits per heavy atom. The lowest BCUT2D eigenvalue weighted by atomic mass is 9.97. The fraction of sp³-hybridized carbons (Fsp3) is 0.273. The van der Waals surface area contributed by atoms with Gasteiger partial charge in [-0.15, -0.1) is 0 Å². The molecule has 2 rings (SSSR count). The maximum Gasteiger partial charge on any atom is 0.303 e. The first-order valence-electron chi connectivity index (χ1n) is 4.85. The molecule has 0 radical (unpaired) electrons. The number of carboxylic acids is 1. The van der Waals surface area contributed by atoms with E-state index < -0.39 is 17.7 Å². The molecule has 1 aromatic rings. The van der Waals surface area contributed by atoms with E-state index in [1.165, 1.54) is 12.1 Å². The highest BCUT2D eigenvalue weighted by Crippen LogP contribution is 2.37. The topological polar surface area (TPSA) is 69.9 Å². The lowest BCUT2D eigenvalue weighted by Crippen LogP contribution is -2.05. The second-order valence-corrected chi connectivity index (χ2v) is 3.75. The molecular weight excluding hydrogens is 213 g/mol. The summed E-state index contributed by atoms with van der Waals surface area (Å²) in [7, 11) is 0. The molecule has 16 heavy (non-hydrogen) atoms. The van der Waals surface area contributed by atoms with Gasteiger partial charge in [0.2, 0.25) is 0 Å². The van der Waals surface area contributed by atoms with E-state index >= 15 is 0 Å². The van der Waals surface area contributed by atoms with Crippen LogP contribution in [0, 0.1) is 5.82 Å². The molecule has 1 atom stereocenters. The third-order valence-electron chi connectivity index (χ3n) is 2.75. The highest BCUT2D eigenvalue weighted by atomic mass is 19.1.